The fourth-order valence-corrected chi connectivity index (χ4v) is 3.30. The quantitative estimate of drug-likeness (QED) is 0.347. The van der Waals surface area contributed by atoms with Gasteiger partial charge in [0, 0.05) is 30.7 Å². The molecule has 2 heterocycles. The van der Waals surface area contributed by atoms with E-state index in [9.17, 15) is 4.79 Å². The molecule has 0 fully saturated rings. The lowest BCUT2D eigenvalue weighted by Gasteiger charge is -2.04. The van der Waals surface area contributed by atoms with Gasteiger partial charge in [0.05, 0.1) is 0 Å². The van der Waals surface area contributed by atoms with E-state index in [-0.39, 0.29) is 5.91 Å². The van der Waals surface area contributed by atoms with E-state index < -0.39 is 0 Å². The van der Waals surface area contributed by atoms with E-state index in [4.69, 9.17) is 5.21 Å². The molecular formula is C21H25N3O2. The van der Waals surface area contributed by atoms with Gasteiger partial charge in [0.25, 0.3) is 0 Å². The Bertz CT molecular complexity index is 843. The van der Waals surface area contributed by atoms with Gasteiger partial charge in [-0.3, -0.25) is 10.0 Å². The number of hydrogen-bond donors (Lipinski definition) is 2. The Labute approximate surface area is 153 Å². The Morgan fingerprint density at radius 1 is 1.04 bits per heavy atom. The molecule has 26 heavy (non-hydrogen) atoms. The molecule has 5 nitrogen and oxygen atoms in total. The first-order valence-electron chi connectivity index (χ1n) is 9.17. The van der Waals surface area contributed by atoms with Crippen molar-refractivity contribution >= 4 is 16.9 Å². The zero-order chi connectivity index (χ0) is 18.2. The number of carbonyl (C=O) groups is 1. The number of aryl methyl sites for hydroxylation is 1. The molecule has 3 aromatic rings. The van der Waals surface area contributed by atoms with E-state index in [0.29, 0.717) is 6.42 Å². The Morgan fingerprint density at radius 2 is 1.85 bits per heavy atom. The highest BCUT2D eigenvalue weighted by Gasteiger charge is 2.09. The summed E-state index contributed by atoms with van der Waals surface area (Å²) in [6.45, 7) is 0.925. The van der Waals surface area contributed by atoms with E-state index in [1.807, 2.05) is 18.3 Å². The Morgan fingerprint density at radius 3 is 2.65 bits per heavy atom. The van der Waals surface area contributed by atoms with E-state index in [0.717, 1.165) is 44.3 Å². The third-order valence-corrected chi connectivity index (χ3v) is 4.63. The van der Waals surface area contributed by atoms with Gasteiger partial charge in [0.1, 0.15) is 5.65 Å². The average Bonchev–Trinajstić information content (AvgIpc) is 3.03. The standard InChI is InChI=1S/C21H25N3O2/c25-20(23-26)12-6-1-2-7-14-24-16-18(15-17-9-4-3-5-10-17)19-11-8-13-22-21(19)24/h3-5,8-11,13,16,26H,1-2,6-7,12,14-15H2,(H,23,25). The van der Waals surface area contributed by atoms with Crippen LogP contribution in [0.1, 0.15) is 43.2 Å². The predicted octanol–water partition coefficient (Wildman–Crippen LogP) is 4.08. The van der Waals surface area contributed by atoms with Crippen molar-refractivity contribution in [3.8, 4) is 0 Å². The fourth-order valence-electron chi connectivity index (χ4n) is 3.30. The van der Waals surface area contributed by atoms with Crippen LogP contribution in [0.4, 0.5) is 0 Å². The number of carbonyl (C=O) groups excluding carboxylic acids is 1. The van der Waals surface area contributed by atoms with Crippen LogP contribution in [0.3, 0.4) is 0 Å². The number of hydrogen-bond acceptors (Lipinski definition) is 3. The average molecular weight is 351 g/mol. The van der Waals surface area contributed by atoms with Crippen LogP contribution in [0.5, 0.6) is 0 Å². The topological polar surface area (TPSA) is 67.2 Å². The molecule has 2 aromatic heterocycles. The summed E-state index contributed by atoms with van der Waals surface area (Å²) in [5, 5.41) is 9.70. The highest BCUT2D eigenvalue weighted by atomic mass is 16.5. The van der Waals surface area contributed by atoms with Crippen LogP contribution in [-0.2, 0) is 17.8 Å². The number of amides is 1. The minimum Gasteiger partial charge on any atom is -0.332 e. The molecule has 0 radical (unpaired) electrons. The molecule has 0 unspecified atom stereocenters. The molecule has 1 amide bonds. The smallest absolute Gasteiger partial charge is 0.243 e. The van der Waals surface area contributed by atoms with Crippen molar-refractivity contribution in [3.63, 3.8) is 0 Å². The van der Waals surface area contributed by atoms with Crippen molar-refractivity contribution in [2.75, 3.05) is 0 Å². The van der Waals surface area contributed by atoms with Gasteiger partial charge >= 0.3 is 0 Å². The summed E-state index contributed by atoms with van der Waals surface area (Å²) in [7, 11) is 0. The van der Waals surface area contributed by atoms with Crippen LogP contribution >= 0.6 is 0 Å². The van der Waals surface area contributed by atoms with Crippen molar-refractivity contribution in [2.45, 2.75) is 45.1 Å². The van der Waals surface area contributed by atoms with E-state index >= 15 is 0 Å². The summed E-state index contributed by atoms with van der Waals surface area (Å²) < 4.78 is 2.24. The molecule has 0 spiro atoms. The lowest BCUT2D eigenvalue weighted by Crippen LogP contribution is -2.17. The second-order valence-electron chi connectivity index (χ2n) is 6.58. The maximum atomic E-state index is 11.0. The van der Waals surface area contributed by atoms with Crippen molar-refractivity contribution in [1.29, 1.82) is 0 Å². The Hall–Kier alpha value is -2.66. The van der Waals surface area contributed by atoms with Crippen LogP contribution in [0.2, 0.25) is 0 Å². The van der Waals surface area contributed by atoms with Crippen molar-refractivity contribution in [1.82, 2.24) is 15.0 Å². The van der Waals surface area contributed by atoms with Gasteiger partial charge < -0.3 is 4.57 Å². The summed E-state index contributed by atoms with van der Waals surface area (Å²) in [6, 6.07) is 14.6. The Balaban J connectivity index is 1.61. The number of nitrogens with one attached hydrogen (secondary N) is 1. The van der Waals surface area contributed by atoms with Crippen LogP contribution in [0.25, 0.3) is 11.0 Å². The number of unbranched alkanes of at least 4 members (excludes halogenated alkanes) is 3. The maximum Gasteiger partial charge on any atom is 0.243 e. The van der Waals surface area contributed by atoms with Crippen LogP contribution < -0.4 is 5.48 Å². The molecule has 136 valence electrons. The highest BCUT2D eigenvalue weighted by molar-refractivity contribution is 5.80. The molecule has 0 saturated heterocycles. The maximum absolute atomic E-state index is 11.0. The molecule has 0 aliphatic carbocycles. The van der Waals surface area contributed by atoms with Crippen molar-refractivity contribution < 1.29 is 10.0 Å². The van der Waals surface area contributed by atoms with Gasteiger partial charge in [-0.2, -0.15) is 0 Å². The number of benzene rings is 1. The Kier molecular flexibility index (Phi) is 6.39. The van der Waals surface area contributed by atoms with Crippen LogP contribution in [0.15, 0.2) is 54.9 Å². The summed E-state index contributed by atoms with van der Waals surface area (Å²) in [4.78, 5) is 15.6. The molecule has 3 rings (SSSR count). The largest absolute Gasteiger partial charge is 0.332 e. The SMILES string of the molecule is O=C(CCCCCCn1cc(Cc2ccccc2)c2cccnc21)NO. The van der Waals surface area contributed by atoms with E-state index in [1.54, 1.807) is 5.48 Å². The van der Waals surface area contributed by atoms with Gasteiger partial charge in [0.2, 0.25) is 5.91 Å². The molecule has 2 N–H and O–H groups in total. The first-order chi connectivity index (χ1) is 12.8. The lowest BCUT2D eigenvalue weighted by molar-refractivity contribution is -0.129. The van der Waals surface area contributed by atoms with Gasteiger partial charge in [0.15, 0.2) is 0 Å². The molecule has 0 atom stereocenters. The fraction of sp³-hybridized carbons (Fsp3) is 0.333. The summed E-state index contributed by atoms with van der Waals surface area (Å²) in [5.74, 6) is -0.309. The zero-order valence-corrected chi connectivity index (χ0v) is 14.9. The normalized spacial score (nSPS) is 11.0. The molecule has 0 saturated carbocycles. The summed E-state index contributed by atoms with van der Waals surface area (Å²) in [6.07, 6.45) is 9.25. The molecule has 0 bridgehead atoms. The first kappa shape index (κ1) is 18.1. The number of nitrogens with zero attached hydrogens (tertiary/aromatic N) is 2. The first-order valence-corrected chi connectivity index (χ1v) is 9.17. The lowest BCUT2D eigenvalue weighted by atomic mass is 10.1. The third kappa shape index (κ3) is 4.70. The zero-order valence-electron chi connectivity index (χ0n) is 14.9. The van der Waals surface area contributed by atoms with Gasteiger partial charge in [-0.05, 0) is 42.5 Å². The van der Waals surface area contributed by atoms with Gasteiger partial charge in [-0.25, -0.2) is 10.5 Å². The number of aromatic nitrogens is 2. The highest BCUT2D eigenvalue weighted by Crippen LogP contribution is 2.23. The second kappa shape index (κ2) is 9.15. The van der Waals surface area contributed by atoms with E-state index in [1.165, 1.54) is 16.5 Å². The van der Waals surface area contributed by atoms with Crippen molar-refractivity contribution in [2.24, 2.45) is 0 Å². The van der Waals surface area contributed by atoms with E-state index in [2.05, 4.69) is 46.1 Å². The molecule has 0 aliphatic heterocycles. The predicted molar refractivity (Wildman–Crippen MR) is 102 cm³/mol. The molecular weight excluding hydrogens is 326 g/mol. The second-order valence-corrected chi connectivity index (χ2v) is 6.58. The number of hydroxylamine groups is 1. The minimum atomic E-state index is -0.309. The van der Waals surface area contributed by atoms with Crippen LogP contribution in [-0.4, -0.2) is 20.7 Å². The van der Waals surface area contributed by atoms with Gasteiger partial charge in [-0.1, -0.05) is 43.2 Å². The molecule has 5 heteroatoms. The minimum absolute atomic E-state index is 0.309. The number of fused-ring (bicyclic) bond motifs is 1. The number of pyridine rings is 1. The summed E-state index contributed by atoms with van der Waals surface area (Å²) in [5.41, 5.74) is 5.32. The molecule has 1 aromatic carbocycles. The third-order valence-electron chi connectivity index (χ3n) is 4.63. The summed E-state index contributed by atoms with van der Waals surface area (Å²) >= 11 is 0. The molecule has 0 aliphatic rings. The number of rotatable bonds is 9. The monoisotopic (exact) mass is 351 g/mol. The van der Waals surface area contributed by atoms with Crippen molar-refractivity contribution in [3.05, 3.63) is 66.0 Å². The van der Waals surface area contributed by atoms with Crippen LogP contribution in [0, 0.1) is 0 Å². The van der Waals surface area contributed by atoms with Gasteiger partial charge in [-0.15, -0.1) is 0 Å².